The van der Waals surface area contributed by atoms with Crippen molar-refractivity contribution in [1.82, 2.24) is 10.0 Å². The van der Waals surface area contributed by atoms with E-state index in [-0.39, 0.29) is 17.5 Å². The monoisotopic (exact) mass is 334 g/mol. The van der Waals surface area contributed by atoms with E-state index >= 15 is 0 Å². The second kappa shape index (κ2) is 7.53. The number of halogens is 1. The molecule has 1 aliphatic rings. The summed E-state index contributed by atoms with van der Waals surface area (Å²) in [6.07, 6.45) is -0.257. The fraction of sp³-hybridized carbons (Fsp3) is 0.538. The van der Waals surface area contributed by atoms with E-state index in [1.807, 2.05) is 0 Å². The van der Waals surface area contributed by atoms with E-state index in [1.54, 1.807) is 19.2 Å². The van der Waals surface area contributed by atoms with Crippen LogP contribution >= 0.6 is 11.6 Å². The molecule has 1 fully saturated rings. The van der Waals surface area contributed by atoms with Gasteiger partial charge in [0.1, 0.15) is 0 Å². The summed E-state index contributed by atoms with van der Waals surface area (Å²) < 4.78 is 37.6. The topological polar surface area (TPSA) is 76.7 Å². The third-order valence-corrected chi connectivity index (χ3v) is 4.86. The Morgan fingerprint density at radius 1 is 1.38 bits per heavy atom. The average Bonchev–Trinajstić information content (AvgIpc) is 2.48. The Labute approximate surface area is 129 Å². The van der Waals surface area contributed by atoms with Gasteiger partial charge in [0.05, 0.1) is 30.8 Å². The van der Waals surface area contributed by atoms with Crippen LogP contribution in [0.3, 0.4) is 0 Å². The van der Waals surface area contributed by atoms with Gasteiger partial charge in [0.2, 0.25) is 10.0 Å². The molecule has 1 atom stereocenters. The first kappa shape index (κ1) is 16.7. The smallest absolute Gasteiger partial charge is 0.240 e. The quantitative estimate of drug-likeness (QED) is 0.803. The van der Waals surface area contributed by atoms with Gasteiger partial charge in [-0.1, -0.05) is 17.7 Å². The van der Waals surface area contributed by atoms with Gasteiger partial charge in [0, 0.05) is 18.1 Å². The first-order valence-corrected chi connectivity index (χ1v) is 8.51. The zero-order chi connectivity index (χ0) is 15.3. The standard InChI is InChI=1S/C13H19ClN2O4S/c1-15-7-10-2-3-12(6-13(10)14)21(17,18)16-8-11-9-19-4-5-20-11/h2-3,6,11,15-16H,4-5,7-9H2,1H3. The lowest BCUT2D eigenvalue weighted by Crippen LogP contribution is -2.39. The first-order valence-electron chi connectivity index (χ1n) is 6.65. The van der Waals surface area contributed by atoms with Crippen molar-refractivity contribution in [2.24, 2.45) is 0 Å². The molecule has 1 heterocycles. The summed E-state index contributed by atoms with van der Waals surface area (Å²) in [5.74, 6) is 0. The molecule has 0 amide bonds. The zero-order valence-electron chi connectivity index (χ0n) is 11.8. The molecule has 8 heteroatoms. The van der Waals surface area contributed by atoms with Crippen molar-refractivity contribution >= 4 is 21.6 Å². The van der Waals surface area contributed by atoms with Gasteiger partial charge in [-0.25, -0.2) is 13.1 Å². The number of hydrogen-bond acceptors (Lipinski definition) is 5. The lowest BCUT2D eigenvalue weighted by Gasteiger charge is -2.23. The summed E-state index contributed by atoms with van der Waals surface area (Å²) in [7, 11) is -1.80. The van der Waals surface area contributed by atoms with Crippen LogP contribution in [0.2, 0.25) is 5.02 Å². The van der Waals surface area contributed by atoms with E-state index < -0.39 is 10.0 Å². The van der Waals surface area contributed by atoms with Gasteiger partial charge in [-0.05, 0) is 24.7 Å². The SMILES string of the molecule is CNCc1ccc(S(=O)(=O)NCC2COCCO2)cc1Cl. The van der Waals surface area contributed by atoms with Gasteiger partial charge in [-0.15, -0.1) is 0 Å². The second-order valence-electron chi connectivity index (χ2n) is 4.70. The molecule has 21 heavy (non-hydrogen) atoms. The molecule has 0 saturated carbocycles. The summed E-state index contributed by atoms with van der Waals surface area (Å²) >= 11 is 6.09. The first-order chi connectivity index (χ1) is 10.0. The molecular weight excluding hydrogens is 316 g/mol. The van der Waals surface area contributed by atoms with Gasteiger partial charge in [0.15, 0.2) is 0 Å². The van der Waals surface area contributed by atoms with E-state index in [1.165, 1.54) is 6.07 Å². The summed E-state index contributed by atoms with van der Waals surface area (Å²) in [5.41, 5.74) is 0.849. The third-order valence-electron chi connectivity index (χ3n) is 3.09. The van der Waals surface area contributed by atoms with Gasteiger partial charge in [-0.3, -0.25) is 0 Å². The molecule has 118 valence electrons. The van der Waals surface area contributed by atoms with Crippen molar-refractivity contribution in [2.45, 2.75) is 17.5 Å². The molecule has 0 spiro atoms. The Bertz CT molecular complexity index is 574. The predicted octanol–water partition coefficient (Wildman–Crippen LogP) is 0.753. The number of nitrogens with one attached hydrogen (secondary N) is 2. The average molecular weight is 335 g/mol. The van der Waals surface area contributed by atoms with Crippen LogP contribution in [-0.2, 0) is 26.0 Å². The molecule has 0 aromatic heterocycles. The van der Waals surface area contributed by atoms with Crippen LogP contribution in [0.25, 0.3) is 0 Å². The molecule has 1 saturated heterocycles. The highest BCUT2D eigenvalue weighted by Crippen LogP contribution is 2.20. The van der Waals surface area contributed by atoms with Crippen molar-refractivity contribution in [3.8, 4) is 0 Å². The van der Waals surface area contributed by atoms with Crippen LogP contribution in [0.5, 0.6) is 0 Å². The minimum atomic E-state index is -3.60. The fourth-order valence-corrected chi connectivity index (χ4v) is 3.37. The predicted molar refractivity (Wildman–Crippen MR) is 80.0 cm³/mol. The van der Waals surface area contributed by atoms with Crippen molar-refractivity contribution in [3.05, 3.63) is 28.8 Å². The van der Waals surface area contributed by atoms with E-state index in [2.05, 4.69) is 10.0 Å². The van der Waals surface area contributed by atoms with Crippen LogP contribution in [0.15, 0.2) is 23.1 Å². The minimum Gasteiger partial charge on any atom is -0.376 e. The van der Waals surface area contributed by atoms with Crippen LogP contribution in [0.4, 0.5) is 0 Å². The molecule has 2 N–H and O–H groups in total. The maximum absolute atomic E-state index is 12.2. The van der Waals surface area contributed by atoms with E-state index in [4.69, 9.17) is 21.1 Å². The molecular formula is C13H19ClN2O4S. The lowest BCUT2D eigenvalue weighted by molar-refractivity contribution is -0.0846. The summed E-state index contributed by atoms with van der Waals surface area (Å²) in [4.78, 5) is 0.143. The lowest BCUT2D eigenvalue weighted by atomic mass is 10.2. The zero-order valence-corrected chi connectivity index (χ0v) is 13.3. The van der Waals surface area contributed by atoms with Gasteiger partial charge >= 0.3 is 0 Å². The van der Waals surface area contributed by atoms with Gasteiger partial charge in [0.25, 0.3) is 0 Å². The highest BCUT2D eigenvalue weighted by Gasteiger charge is 2.20. The fourth-order valence-electron chi connectivity index (χ4n) is 1.97. The summed E-state index contributed by atoms with van der Waals surface area (Å²) in [5, 5.41) is 3.39. The Balaban J connectivity index is 2.03. The van der Waals surface area contributed by atoms with E-state index in [0.717, 1.165) is 5.56 Å². The second-order valence-corrected chi connectivity index (χ2v) is 6.88. The molecule has 1 aromatic rings. The van der Waals surface area contributed by atoms with Crippen LogP contribution in [-0.4, -0.2) is 47.9 Å². The molecule has 1 aliphatic heterocycles. The Hall–Kier alpha value is -0.700. The minimum absolute atomic E-state index is 0.143. The van der Waals surface area contributed by atoms with Crippen molar-refractivity contribution in [1.29, 1.82) is 0 Å². The van der Waals surface area contributed by atoms with Crippen LogP contribution < -0.4 is 10.0 Å². The summed E-state index contributed by atoms with van der Waals surface area (Å²) in [6.45, 7) is 2.19. The Morgan fingerprint density at radius 3 is 2.81 bits per heavy atom. The molecule has 2 rings (SSSR count). The molecule has 0 aliphatic carbocycles. The molecule has 1 aromatic carbocycles. The largest absolute Gasteiger partial charge is 0.376 e. The molecule has 0 radical (unpaired) electrons. The van der Waals surface area contributed by atoms with Crippen LogP contribution in [0.1, 0.15) is 5.56 Å². The molecule has 6 nitrogen and oxygen atoms in total. The molecule has 1 unspecified atom stereocenters. The number of hydrogen-bond donors (Lipinski definition) is 2. The summed E-state index contributed by atoms with van der Waals surface area (Å²) in [6, 6.07) is 4.70. The van der Waals surface area contributed by atoms with E-state index in [9.17, 15) is 8.42 Å². The van der Waals surface area contributed by atoms with Gasteiger partial charge in [-0.2, -0.15) is 0 Å². The normalized spacial score (nSPS) is 19.6. The van der Waals surface area contributed by atoms with Crippen molar-refractivity contribution in [3.63, 3.8) is 0 Å². The Kier molecular flexibility index (Phi) is 5.98. The third kappa shape index (κ3) is 4.64. The van der Waals surface area contributed by atoms with Crippen molar-refractivity contribution < 1.29 is 17.9 Å². The van der Waals surface area contributed by atoms with Crippen LogP contribution in [0, 0.1) is 0 Å². The van der Waals surface area contributed by atoms with Gasteiger partial charge < -0.3 is 14.8 Å². The van der Waals surface area contributed by atoms with Crippen molar-refractivity contribution in [2.75, 3.05) is 33.4 Å². The number of rotatable bonds is 6. The Morgan fingerprint density at radius 2 is 2.19 bits per heavy atom. The number of sulfonamides is 1. The highest BCUT2D eigenvalue weighted by molar-refractivity contribution is 7.89. The number of ether oxygens (including phenoxy) is 2. The van der Waals surface area contributed by atoms with E-state index in [0.29, 0.717) is 31.4 Å². The highest BCUT2D eigenvalue weighted by atomic mass is 35.5. The number of benzene rings is 1. The molecule has 0 bridgehead atoms. The maximum atomic E-state index is 12.2. The maximum Gasteiger partial charge on any atom is 0.240 e.